The summed E-state index contributed by atoms with van der Waals surface area (Å²) < 4.78 is 4.68. The lowest BCUT2D eigenvalue weighted by atomic mass is 9.79. The Kier molecular flexibility index (Phi) is 11.8. The number of methoxy groups -OCH3 is 1. The summed E-state index contributed by atoms with van der Waals surface area (Å²) in [4.78, 5) is 39.1. The van der Waals surface area contributed by atoms with E-state index in [1.807, 2.05) is 38.1 Å². The van der Waals surface area contributed by atoms with Gasteiger partial charge in [0.25, 0.3) is 0 Å². The number of rotatable bonds is 13. The smallest absolute Gasteiger partial charge is 0.406 e. The molecule has 3 amide bonds. The second kappa shape index (κ2) is 14.3. The van der Waals surface area contributed by atoms with Crippen molar-refractivity contribution < 1.29 is 24.2 Å². The first-order valence-corrected chi connectivity index (χ1v) is 13.4. The van der Waals surface area contributed by atoms with Crippen LogP contribution in [0.15, 0.2) is 24.3 Å². The Bertz CT molecular complexity index is 906. The van der Waals surface area contributed by atoms with Crippen LogP contribution in [0.3, 0.4) is 0 Å². The van der Waals surface area contributed by atoms with Crippen LogP contribution in [-0.4, -0.2) is 61.9 Å². The molecule has 0 aliphatic carbocycles. The average molecular weight is 519 g/mol. The molecule has 0 aromatic heterocycles. The Hall–Kier alpha value is -2.65. The molecule has 1 aromatic rings. The highest BCUT2D eigenvalue weighted by atomic mass is 16.5. The van der Waals surface area contributed by atoms with Crippen molar-refractivity contribution in [2.45, 2.75) is 78.4 Å². The lowest BCUT2D eigenvalue weighted by Crippen LogP contribution is -2.46. The molecule has 0 saturated carbocycles. The van der Waals surface area contributed by atoms with Crippen molar-refractivity contribution in [3.63, 3.8) is 0 Å². The van der Waals surface area contributed by atoms with Gasteiger partial charge in [-0.2, -0.15) is 0 Å². The van der Waals surface area contributed by atoms with Crippen molar-refractivity contribution in [3.05, 3.63) is 29.8 Å². The largest absolute Gasteiger partial charge is 0.453 e. The maximum absolute atomic E-state index is 13.5. The van der Waals surface area contributed by atoms with Crippen molar-refractivity contribution >= 4 is 23.6 Å². The van der Waals surface area contributed by atoms with Crippen molar-refractivity contribution in [2.24, 2.45) is 23.0 Å². The number of benzene rings is 1. The molecule has 9 nitrogen and oxygen atoms in total. The first-order chi connectivity index (χ1) is 17.5. The molecule has 4 atom stereocenters. The summed E-state index contributed by atoms with van der Waals surface area (Å²) in [6.45, 7) is 9.36. The number of anilines is 1. The zero-order valence-corrected chi connectivity index (χ0v) is 23.1. The van der Waals surface area contributed by atoms with Gasteiger partial charge in [0.15, 0.2) is 0 Å². The van der Waals surface area contributed by atoms with Crippen LogP contribution in [0.4, 0.5) is 10.5 Å². The van der Waals surface area contributed by atoms with E-state index in [2.05, 4.69) is 22.3 Å². The number of aliphatic hydroxyl groups excluding tert-OH is 1. The molecule has 37 heavy (non-hydrogen) atoms. The van der Waals surface area contributed by atoms with E-state index in [9.17, 15) is 19.5 Å². The molecule has 9 heteroatoms. The molecular formula is C28H46N4O5. The fourth-order valence-electron chi connectivity index (χ4n) is 4.91. The number of para-hydroxylation sites is 1. The molecular weight excluding hydrogens is 472 g/mol. The number of unbranched alkanes of at least 4 members (excludes halogenated alkanes) is 1. The van der Waals surface area contributed by atoms with Crippen LogP contribution in [0, 0.1) is 17.3 Å². The van der Waals surface area contributed by atoms with Crippen LogP contribution in [0.5, 0.6) is 0 Å². The Morgan fingerprint density at radius 1 is 1.24 bits per heavy atom. The summed E-state index contributed by atoms with van der Waals surface area (Å²) in [5.74, 6) is -0.377. The zero-order chi connectivity index (χ0) is 27.6. The van der Waals surface area contributed by atoms with Gasteiger partial charge in [0.1, 0.15) is 0 Å². The lowest BCUT2D eigenvalue weighted by Gasteiger charge is -2.37. The average Bonchev–Trinajstić information content (AvgIpc) is 2.85. The highest BCUT2D eigenvalue weighted by Crippen LogP contribution is 2.34. The first kappa shape index (κ1) is 30.6. The number of hydrogen-bond acceptors (Lipinski definition) is 6. The molecule has 0 saturated heterocycles. The zero-order valence-electron chi connectivity index (χ0n) is 23.1. The molecule has 1 aliphatic rings. The molecule has 1 aliphatic heterocycles. The maximum Gasteiger partial charge on any atom is 0.406 e. The van der Waals surface area contributed by atoms with Crippen LogP contribution in [0.25, 0.3) is 0 Å². The summed E-state index contributed by atoms with van der Waals surface area (Å²) in [7, 11) is 1.33. The molecule has 0 fully saturated rings. The third-order valence-corrected chi connectivity index (χ3v) is 7.04. The van der Waals surface area contributed by atoms with E-state index in [1.54, 1.807) is 11.8 Å². The molecule has 2 rings (SSSR count). The minimum Gasteiger partial charge on any atom is -0.453 e. The van der Waals surface area contributed by atoms with Gasteiger partial charge in [0, 0.05) is 43.7 Å². The highest BCUT2D eigenvalue weighted by Gasteiger charge is 2.34. The number of aliphatic hydroxyl groups is 1. The molecule has 5 N–H and O–H groups in total. The highest BCUT2D eigenvalue weighted by molar-refractivity contribution is 5.95. The van der Waals surface area contributed by atoms with Gasteiger partial charge < -0.3 is 31.1 Å². The number of carbonyl (C=O) groups is 3. The van der Waals surface area contributed by atoms with E-state index in [-0.39, 0.29) is 36.5 Å². The third kappa shape index (κ3) is 9.63. The van der Waals surface area contributed by atoms with Gasteiger partial charge in [-0.15, -0.1) is 0 Å². The summed E-state index contributed by atoms with van der Waals surface area (Å²) >= 11 is 0. The maximum atomic E-state index is 13.5. The van der Waals surface area contributed by atoms with Gasteiger partial charge in [0.05, 0.1) is 13.2 Å². The second-order valence-corrected chi connectivity index (χ2v) is 11.1. The summed E-state index contributed by atoms with van der Waals surface area (Å²) in [5.41, 5.74) is 7.84. The minimum atomic E-state index is -0.842. The monoisotopic (exact) mass is 518 g/mol. The molecule has 0 spiro atoms. The number of fused-ring (bicyclic) bond motifs is 1. The predicted octanol–water partition coefficient (Wildman–Crippen LogP) is 2.99. The van der Waals surface area contributed by atoms with Crippen LogP contribution in [-0.2, 0) is 20.7 Å². The molecule has 0 unspecified atom stereocenters. The Morgan fingerprint density at radius 3 is 2.62 bits per heavy atom. The third-order valence-electron chi connectivity index (χ3n) is 7.04. The van der Waals surface area contributed by atoms with Gasteiger partial charge >= 0.3 is 6.09 Å². The number of hydrogen-bond donors (Lipinski definition) is 4. The van der Waals surface area contributed by atoms with Gasteiger partial charge in [-0.25, -0.2) is 4.79 Å². The number of ether oxygens (including phenoxy) is 1. The van der Waals surface area contributed by atoms with E-state index in [0.717, 1.165) is 30.5 Å². The second-order valence-electron chi connectivity index (χ2n) is 11.1. The van der Waals surface area contributed by atoms with E-state index < -0.39 is 23.7 Å². The Labute approximate surface area is 221 Å². The van der Waals surface area contributed by atoms with Crippen LogP contribution < -0.4 is 21.3 Å². The van der Waals surface area contributed by atoms with Gasteiger partial charge in [-0.1, -0.05) is 52.3 Å². The molecule has 208 valence electrons. The first-order valence-electron chi connectivity index (χ1n) is 13.4. The number of carbonyl (C=O) groups excluding carboxylic acids is 3. The number of alkyl carbamates (subject to hydrolysis) is 1. The van der Waals surface area contributed by atoms with Crippen LogP contribution in [0.2, 0.25) is 0 Å². The minimum absolute atomic E-state index is 0.0226. The Balaban J connectivity index is 1.98. The number of nitrogens with two attached hydrogens (primary N) is 1. The van der Waals surface area contributed by atoms with E-state index in [0.29, 0.717) is 26.1 Å². The van der Waals surface area contributed by atoms with Crippen molar-refractivity contribution in [2.75, 3.05) is 31.6 Å². The van der Waals surface area contributed by atoms with E-state index in [1.165, 1.54) is 7.11 Å². The van der Waals surface area contributed by atoms with Gasteiger partial charge in [-0.3, -0.25) is 9.59 Å². The van der Waals surface area contributed by atoms with Gasteiger partial charge in [0.2, 0.25) is 11.8 Å². The molecule has 1 heterocycles. The predicted molar refractivity (Wildman–Crippen MR) is 145 cm³/mol. The standard InChI is InChI=1S/C28H46N4O5/c1-6-7-12-30-26(35)19(2)13-24(33)22(29)15-28(3,4)16-25(34)32-18-20(17-31-27(36)37-5)14-21-10-8-9-11-23(21)32/h8-11,19-20,22,24,33H,6-7,12-18,29H2,1-5H3,(H,30,35)(H,31,36)/t19-,20-,22+,24+/m1/s1. The fraction of sp³-hybridized carbons (Fsp3) is 0.679. The van der Waals surface area contributed by atoms with Crippen molar-refractivity contribution in [3.8, 4) is 0 Å². The number of nitrogens with one attached hydrogen (secondary N) is 2. The molecule has 1 aromatic carbocycles. The lowest BCUT2D eigenvalue weighted by molar-refractivity contribution is -0.125. The molecule has 0 radical (unpaired) electrons. The van der Waals surface area contributed by atoms with E-state index in [4.69, 9.17) is 5.73 Å². The van der Waals surface area contributed by atoms with Crippen LogP contribution in [0.1, 0.15) is 65.4 Å². The fourth-order valence-corrected chi connectivity index (χ4v) is 4.91. The summed E-state index contributed by atoms with van der Waals surface area (Å²) in [5, 5.41) is 16.3. The number of nitrogens with zero attached hydrogens (tertiary/aromatic N) is 1. The van der Waals surface area contributed by atoms with Crippen molar-refractivity contribution in [1.82, 2.24) is 10.6 Å². The summed E-state index contributed by atoms with van der Waals surface area (Å²) in [6, 6.07) is 7.28. The van der Waals surface area contributed by atoms with Crippen LogP contribution >= 0.6 is 0 Å². The van der Waals surface area contributed by atoms with E-state index >= 15 is 0 Å². The topological polar surface area (TPSA) is 134 Å². The quantitative estimate of drug-likeness (QED) is 0.297. The summed E-state index contributed by atoms with van der Waals surface area (Å²) in [6.07, 6.45) is 2.32. The number of amides is 3. The Morgan fingerprint density at radius 2 is 1.95 bits per heavy atom. The molecule has 0 bridgehead atoms. The SMILES string of the molecule is CCCCNC(=O)[C@H](C)C[C@H](O)[C@@H](N)CC(C)(C)CC(=O)N1C[C@@H](CNC(=O)OC)Cc2ccccc21. The normalized spacial score (nSPS) is 17.8. The van der Waals surface area contributed by atoms with Crippen molar-refractivity contribution in [1.29, 1.82) is 0 Å². The van der Waals surface area contributed by atoms with Gasteiger partial charge in [-0.05, 0) is 48.6 Å².